The second kappa shape index (κ2) is 11.0. The Morgan fingerprint density at radius 1 is 0.875 bits per heavy atom. The van der Waals surface area contributed by atoms with Gasteiger partial charge in [0.2, 0.25) is 0 Å². The summed E-state index contributed by atoms with van der Waals surface area (Å²) in [5.41, 5.74) is 10.1. The van der Waals surface area contributed by atoms with Crippen molar-refractivity contribution in [1.29, 1.82) is 0 Å². The molecule has 12 nitrogen and oxygen atoms in total. The van der Waals surface area contributed by atoms with E-state index in [0.29, 0.717) is 4.31 Å². The van der Waals surface area contributed by atoms with Crippen molar-refractivity contribution < 1.29 is 30.0 Å². The highest BCUT2D eigenvalue weighted by molar-refractivity contribution is 8.04. The summed E-state index contributed by atoms with van der Waals surface area (Å²) in [7, 11) is -14.1. The molecule has 4 rings (SSSR count). The number of aryl methyl sites for hydroxylation is 2. The Labute approximate surface area is 232 Å². The van der Waals surface area contributed by atoms with Gasteiger partial charge < -0.3 is 0 Å². The number of hydrogen-bond donors (Lipinski definition) is 0. The maximum absolute atomic E-state index is 13.9. The van der Waals surface area contributed by atoms with Crippen LogP contribution in [-0.2, 0) is 30.1 Å². The van der Waals surface area contributed by atoms with Gasteiger partial charge in [-0.25, -0.2) is 29.6 Å². The molecule has 0 bridgehead atoms. The molecule has 1 aliphatic heterocycles. The average Bonchev–Trinajstić information content (AvgIpc) is 3.11. The zero-order valence-corrected chi connectivity index (χ0v) is 23.9. The van der Waals surface area contributed by atoms with Gasteiger partial charge in [-0.1, -0.05) is 56.3 Å². The first kappa shape index (κ1) is 29.2. The molecule has 15 heteroatoms. The topological polar surface area (TPSA) is 175 Å². The standard InChI is InChI=1S/C25H25N5O7S3/c1-18-7-11-21(12-8-18)38(32,33)29(39(34,35)22-13-9-19(2)10-14-22)17-20(15-16-27-28-26)30-25(31)23-5-3-4-6-24(23)40(30,36)37/h3-14,20H,15-17H2,1-2H3. The predicted octanol–water partition coefficient (Wildman–Crippen LogP) is 3.60. The lowest BCUT2D eigenvalue weighted by atomic mass is 10.1. The summed E-state index contributed by atoms with van der Waals surface area (Å²) >= 11 is 0. The molecule has 210 valence electrons. The van der Waals surface area contributed by atoms with Gasteiger partial charge in [0.25, 0.3) is 36.0 Å². The first-order chi connectivity index (χ1) is 18.8. The molecule has 3 aromatic carbocycles. The summed E-state index contributed by atoms with van der Waals surface area (Å²) in [6, 6.07) is 14.9. The molecular weight excluding hydrogens is 579 g/mol. The lowest BCUT2D eigenvalue weighted by molar-refractivity contribution is 0.0823. The predicted molar refractivity (Wildman–Crippen MR) is 146 cm³/mol. The molecule has 0 radical (unpaired) electrons. The second-order valence-corrected chi connectivity index (χ2v) is 14.8. The summed E-state index contributed by atoms with van der Waals surface area (Å²) in [5, 5.41) is 3.40. The van der Waals surface area contributed by atoms with Crippen LogP contribution in [0.3, 0.4) is 0 Å². The van der Waals surface area contributed by atoms with Crippen molar-refractivity contribution in [2.24, 2.45) is 5.11 Å². The zero-order chi connectivity index (χ0) is 29.3. The first-order valence-electron chi connectivity index (χ1n) is 11.9. The van der Waals surface area contributed by atoms with Gasteiger partial charge in [-0.15, -0.1) is 0 Å². The molecule has 40 heavy (non-hydrogen) atoms. The van der Waals surface area contributed by atoms with Gasteiger partial charge >= 0.3 is 0 Å². The number of carbonyl (C=O) groups is 1. The fourth-order valence-corrected chi connectivity index (χ4v) is 9.75. The number of amides is 1. The van der Waals surface area contributed by atoms with Crippen molar-refractivity contribution in [3.05, 3.63) is 99.9 Å². The summed E-state index contributed by atoms with van der Waals surface area (Å²) in [6.07, 6.45) is -0.341. The van der Waals surface area contributed by atoms with Gasteiger partial charge in [-0.3, -0.25) is 4.79 Å². The number of fused-ring (bicyclic) bond motifs is 1. The van der Waals surface area contributed by atoms with Crippen LogP contribution in [0.1, 0.15) is 27.9 Å². The third kappa shape index (κ3) is 5.33. The van der Waals surface area contributed by atoms with Gasteiger partial charge in [0.1, 0.15) is 4.90 Å². The Kier molecular flexibility index (Phi) is 8.06. The number of nitrogens with zero attached hydrogens (tertiary/aromatic N) is 5. The van der Waals surface area contributed by atoms with Crippen molar-refractivity contribution in [2.45, 2.75) is 41.0 Å². The van der Waals surface area contributed by atoms with Crippen molar-refractivity contribution in [2.75, 3.05) is 13.1 Å². The van der Waals surface area contributed by atoms with E-state index < -0.39 is 48.6 Å². The third-order valence-corrected chi connectivity index (χ3v) is 12.5. The highest BCUT2D eigenvalue weighted by Crippen LogP contribution is 2.34. The number of hydrogen-bond acceptors (Lipinski definition) is 8. The first-order valence-corrected chi connectivity index (χ1v) is 16.2. The molecule has 0 saturated heterocycles. The molecule has 0 spiro atoms. The van der Waals surface area contributed by atoms with Gasteiger partial charge in [-0.2, -0.15) is 0 Å². The number of sulfonamides is 3. The Hall–Kier alpha value is -3.75. The Bertz CT molecular complexity index is 1740. The fourth-order valence-electron chi connectivity index (χ4n) is 4.25. The highest BCUT2D eigenvalue weighted by Gasteiger charge is 2.48. The van der Waals surface area contributed by atoms with E-state index in [9.17, 15) is 30.0 Å². The van der Waals surface area contributed by atoms with E-state index >= 15 is 0 Å². The summed E-state index contributed by atoms with van der Waals surface area (Å²) < 4.78 is 83.1. The van der Waals surface area contributed by atoms with Crippen LogP contribution in [0, 0.1) is 13.8 Å². The van der Waals surface area contributed by atoms with Crippen LogP contribution in [0.2, 0.25) is 0 Å². The van der Waals surface area contributed by atoms with Gasteiger partial charge in [0, 0.05) is 11.5 Å². The lowest BCUT2D eigenvalue weighted by Gasteiger charge is -2.31. The maximum atomic E-state index is 13.9. The molecule has 1 atom stereocenters. The average molecular weight is 604 g/mol. The molecule has 0 fully saturated rings. The molecule has 1 amide bonds. The van der Waals surface area contributed by atoms with Crippen LogP contribution in [0.4, 0.5) is 0 Å². The second-order valence-electron chi connectivity index (χ2n) is 9.09. The van der Waals surface area contributed by atoms with Crippen molar-refractivity contribution in [3.8, 4) is 0 Å². The van der Waals surface area contributed by atoms with Gasteiger partial charge in [-0.05, 0) is 62.2 Å². The van der Waals surface area contributed by atoms with Crippen molar-refractivity contribution >= 4 is 36.0 Å². The van der Waals surface area contributed by atoms with E-state index in [1.807, 2.05) is 0 Å². The molecule has 1 heterocycles. The van der Waals surface area contributed by atoms with Crippen LogP contribution < -0.4 is 0 Å². The van der Waals surface area contributed by atoms with Crippen LogP contribution in [0.25, 0.3) is 10.4 Å². The summed E-state index contributed by atoms with van der Waals surface area (Å²) in [4.78, 5) is 15.0. The third-order valence-electron chi connectivity index (χ3n) is 6.35. The number of carbonyl (C=O) groups excluding carboxylic acids is 1. The number of azide groups is 1. The normalized spacial score (nSPS) is 15.5. The molecule has 3 aromatic rings. The molecule has 0 saturated carbocycles. The Balaban J connectivity index is 1.89. The number of rotatable bonds is 10. The summed E-state index contributed by atoms with van der Waals surface area (Å²) in [6.45, 7) is 2.17. The van der Waals surface area contributed by atoms with E-state index in [1.54, 1.807) is 13.8 Å². The summed E-state index contributed by atoms with van der Waals surface area (Å²) in [5.74, 6) is -0.943. The van der Waals surface area contributed by atoms with E-state index in [2.05, 4.69) is 10.0 Å². The van der Waals surface area contributed by atoms with Crippen LogP contribution in [0.5, 0.6) is 0 Å². The van der Waals surface area contributed by atoms with Crippen LogP contribution in [-0.4, -0.2) is 58.3 Å². The molecule has 0 aliphatic carbocycles. The van der Waals surface area contributed by atoms with E-state index in [0.717, 1.165) is 11.1 Å². The minimum atomic E-state index is -4.80. The Morgan fingerprint density at radius 2 is 1.38 bits per heavy atom. The molecular formula is C25H25N5O7S3. The minimum Gasteiger partial charge on any atom is -0.268 e. The van der Waals surface area contributed by atoms with Crippen LogP contribution in [0.15, 0.2) is 92.6 Å². The van der Waals surface area contributed by atoms with E-state index in [-0.39, 0.29) is 36.9 Å². The molecule has 0 N–H and O–H groups in total. The minimum absolute atomic E-state index is 0.134. The molecule has 1 unspecified atom stereocenters. The molecule has 0 aromatic heterocycles. The largest absolute Gasteiger partial charge is 0.269 e. The fraction of sp³-hybridized carbons (Fsp3) is 0.240. The zero-order valence-electron chi connectivity index (χ0n) is 21.4. The van der Waals surface area contributed by atoms with Gasteiger partial charge in [0.05, 0.1) is 27.9 Å². The van der Waals surface area contributed by atoms with Gasteiger partial charge in [0.15, 0.2) is 0 Å². The number of benzene rings is 3. The quantitative estimate of drug-likeness (QED) is 0.193. The highest BCUT2D eigenvalue weighted by atomic mass is 32.3. The van der Waals surface area contributed by atoms with Crippen molar-refractivity contribution in [1.82, 2.24) is 8.02 Å². The Morgan fingerprint density at radius 3 is 1.85 bits per heavy atom. The van der Waals surface area contributed by atoms with Crippen LogP contribution >= 0.6 is 0 Å². The van der Waals surface area contributed by atoms with Crippen molar-refractivity contribution in [3.63, 3.8) is 0 Å². The smallest absolute Gasteiger partial charge is 0.268 e. The lowest BCUT2D eigenvalue weighted by Crippen LogP contribution is -2.50. The van der Waals surface area contributed by atoms with E-state index in [4.69, 9.17) is 5.53 Å². The van der Waals surface area contributed by atoms with E-state index in [1.165, 1.54) is 72.8 Å². The monoisotopic (exact) mass is 603 g/mol. The SMILES string of the molecule is Cc1ccc(S(=O)(=O)N(CC(CCN=[N+]=[N-])N2C(=O)c3ccccc3S2(=O)=O)S(=O)(=O)c2ccc(C)cc2)cc1. The molecule has 1 aliphatic rings. The maximum Gasteiger partial charge on any atom is 0.269 e.